The summed E-state index contributed by atoms with van der Waals surface area (Å²) in [7, 11) is 8.00. The van der Waals surface area contributed by atoms with Crippen LogP contribution in [0.25, 0.3) is 0 Å². The monoisotopic (exact) mass is 302 g/mol. The zero-order chi connectivity index (χ0) is 16.1. The number of hydrogen-bond donors (Lipinski definition) is 0. The highest BCUT2D eigenvalue weighted by molar-refractivity contribution is 5.91. The molecule has 0 heterocycles. The van der Waals surface area contributed by atoms with Gasteiger partial charge in [-0.2, -0.15) is 0 Å². The Bertz CT molecular complexity index is 265. The van der Waals surface area contributed by atoms with E-state index >= 15 is 0 Å². The molecule has 0 aromatic rings. The molecule has 0 amide bonds. The third-order valence-corrected chi connectivity index (χ3v) is 2.81. The Morgan fingerprint density at radius 2 is 1.10 bits per heavy atom. The molecular formula is C15H30N2O4. The van der Waals surface area contributed by atoms with Crippen molar-refractivity contribution < 1.29 is 19.1 Å². The van der Waals surface area contributed by atoms with Crippen LogP contribution in [0.3, 0.4) is 0 Å². The molecule has 0 saturated carbocycles. The third-order valence-electron chi connectivity index (χ3n) is 2.81. The van der Waals surface area contributed by atoms with E-state index in [9.17, 15) is 9.59 Å². The molecule has 0 aliphatic carbocycles. The maximum Gasteiger partial charge on any atom is 0.317 e. The van der Waals surface area contributed by atoms with Crippen LogP contribution in [0, 0.1) is 0 Å². The number of unbranched alkanes of at least 4 members (excludes halogenated alkanes) is 2. The van der Waals surface area contributed by atoms with Crippen LogP contribution in [-0.4, -0.2) is 76.2 Å². The predicted molar refractivity (Wildman–Crippen MR) is 82.1 cm³/mol. The number of hydrogen-bond acceptors (Lipinski definition) is 6. The molecule has 0 radical (unpaired) electrons. The van der Waals surface area contributed by atoms with Crippen LogP contribution in [0.1, 0.15) is 32.1 Å². The van der Waals surface area contributed by atoms with Gasteiger partial charge in [0.15, 0.2) is 0 Å². The van der Waals surface area contributed by atoms with E-state index in [1.165, 1.54) is 0 Å². The number of carbonyl (C=O) groups excluding carboxylic acids is 2. The molecule has 0 bridgehead atoms. The van der Waals surface area contributed by atoms with Crippen LogP contribution < -0.4 is 0 Å². The fraction of sp³-hybridized carbons (Fsp3) is 0.867. The molecule has 124 valence electrons. The number of ether oxygens (including phenoxy) is 2. The zero-order valence-corrected chi connectivity index (χ0v) is 13.9. The van der Waals surface area contributed by atoms with Gasteiger partial charge in [0.05, 0.1) is 13.2 Å². The number of nitrogens with zero attached hydrogens (tertiary/aromatic N) is 2. The summed E-state index contributed by atoms with van der Waals surface area (Å²) in [6, 6.07) is 0. The zero-order valence-electron chi connectivity index (χ0n) is 13.9. The Morgan fingerprint density at radius 3 is 1.43 bits per heavy atom. The molecule has 0 aliphatic heterocycles. The second-order valence-electron chi connectivity index (χ2n) is 5.64. The molecule has 6 nitrogen and oxygen atoms in total. The first-order valence-corrected chi connectivity index (χ1v) is 7.52. The van der Waals surface area contributed by atoms with Crippen LogP contribution in [0.2, 0.25) is 0 Å². The molecule has 0 unspecified atom stereocenters. The molecule has 0 fully saturated rings. The lowest BCUT2D eigenvalue weighted by atomic mass is 10.3. The lowest BCUT2D eigenvalue weighted by Crippen LogP contribution is -2.17. The summed E-state index contributed by atoms with van der Waals surface area (Å²) in [6.07, 6.45) is 3.27. The molecule has 6 heteroatoms. The van der Waals surface area contributed by atoms with Gasteiger partial charge in [-0.3, -0.25) is 9.59 Å². The highest BCUT2D eigenvalue weighted by Crippen LogP contribution is 1.98. The first-order chi connectivity index (χ1) is 9.91. The van der Waals surface area contributed by atoms with E-state index in [2.05, 4.69) is 9.80 Å². The van der Waals surface area contributed by atoms with Crippen molar-refractivity contribution in [1.29, 1.82) is 0 Å². The fourth-order valence-electron chi connectivity index (χ4n) is 1.65. The molecule has 0 N–H and O–H groups in total. The summed E-state index contributed by atoms with van der Waals surface area (Å²) in [4.78, 5) is 26.9. The van der Waals surface area contributed by atoms with Gasteiger partial charge in [-0.05, 0) is 67.0 Å². The summed E-state index contributed by atoms with van der Waals surface area (Å²) in [6.45, 7) is 2.66. The summed E-state index contributed by atoms with van der Waals surface area (Å²) in [5.41, 5.74) is 0. The topological polar surface area (TPSA) is 59.1 Å². The van der Waals surface area contributed by atoms with E-state index in [-0.39, 0.29) is 6.42 Å². The fourth-order valence-corrected chi connectivity index (χ4v) is 1.65. The summed E-state index contributed by atoms with van der Waals surface area (Å²) in [5, 5.41) is 0. The quantitative estimate of drug-likeness (QED) is 0.306. The highest BCUT2D eigenvalue weighted by Gasteiger charge is 2.11. The Labute approximate surface area is 128 Å². The molecule has 0 aromatic carbocycles. The Balaban J connectivity index is 3.46. The van der Waals surface area contributed by atoms with Gasteiger partial charge in [0.2, 0.25) is 0 Å². The standard InChI is InChI=1S/C15H30N2O4/c1-16(2)9-5-7-11-20-14(18)13-15(19)21-12-8-6-10-17(3)4/h5-13H2,1-4H3. The number of rotatable bonds is 12. The summed E-state index contributed by atoms with van der Waals surface area (Å²) >= 11 is 0. The lowest BCUT2D eigenvalue weighted by Gasteiger charge is -2.10. The number of esters is 2. The number of carbonyl (C=O) groups is 2. The van der Waals surface area contributed by atoms with E-state index in [1.807, 2.05) is 28.2 Å². The Kier molecular flexibility index (Phi) is 11.9. The molecule has 0 rings (SSSR count). The van der Waals surface area contributed by atoms with Crippen LogP contribution >= 0.6 is 0 Å². The van der Waals surface area contributed by atoms with Gasteiger partial charge < -0.3 is 19.3 Å². The molecular weight excluding hydrogens is 272 g/mol. The van der Waals surface area contributed by atoms with Crippen molar-refractivity contribution in [2.45, 2.75) is 32.1 Å². The smallest absolute Gasteiger partial charge is 0.317 e. The second kappa shape index (κ2) is 12.6. The van der Waals surface area contributed by atoms with E-state index in [4.69, 9.17) is 9.47 Å². The van der Waals surface area contributed by atoms with Crippen molar-refractivity contribution in [1.82, 2.24) is 9.80 Å². The van der Waals surface area contributed by atoms with Gasteiger partial charge >= 0.3 is 11.9 Å². The van der Waals surface area contributed by atoms with Crippen molar-refractivity contribution >= 4 is 11.9 Å². The SMILES string of the molecule is CN(C)CCCCOC(=O)CC(=O)OCCCCN(C)C. The van der Waals surface area contributed by atoms with Gasteiger partial charge in [0.25, 0.3) is 0 Å². The maximum absolute atomic E-state index is 11.4. The van der Waals surface area contributed by atoms with Crippen molar-refractivity contribution in [3.63, 3.8) is 0 Å². The van der Waals surface area contributed by atoms with Gasteiger partial charge in [0.1, 0.15) is 6.42 Å². The lowest BCUT2D eigenvalue weighted by molar-refractivity contribution is -0.154. The van der Waals surface area contributed by atoms with Crippen LogP contribution in [0.15, 0.2) is 0 Å². The maximum atomic E-state index is 11.4. The first-order valence-electron chi connectivity index (χ1n) is 7.52. The Morgan fingerprint density at radius 1 is 0.714 bits per heavy atom. The van der Waals surface area contributed by atoms with Crippen LogP contribution in [0.5, 0.6) is 0 Å². The van der Waals surface area contributed by atoms with Gasteiger partial charge in [0, 0.05) is 0 Å². The van der Waals surface area contributed by atoms with Crippen molar-refractivity contribution in [3.8, 4) is 0 Å². The first kappa shape index (κ1) is 19.9. The predicted octanol–water partition coefficient (Wildman–Crippen LogP) is 1.15. The second-order valence-corrected chi connectivity index (χ2v) is 5.64. The van der Waals surface area contributed by atoms with Crippen molar-refractivity contribution in [2.75, 3.05) is 54.5 Å². The average molecular weight is 302 g/mol. The van der Waals surface area contributed by atoms with Gasteiger partial charge in [-0.25, -0.2) is 0 Å². The minimum absolute atomic E-state index is 0.290. The van der Waals surface area contributed by atoms with Crippen LogP contribution in [0.4, 0.5) is 0 Å². The summed E-state index contributed by atoms with van der Waals surface area (Å²) in [5.74, 6) is -1.00. The van der Waals surface area contributed by atoms with E-state index in [0.717, 1.165) is 38.8 Å². The normalized spacial score (nSPS) is 11.0. The van der Waals surface area contributed by atoms with E-state index < -0.39 is 11.9 Å². The molecule has 0 spiro atoms. The minimum atomic E-state index is -0.502. The summed E-state index contributed by atoms with van der Waals surface area (Å²) < 4.78 is 9.98. The largest absolute Gasteiger partial charge is 0.465 e. The average Bonchev–Trinajstić information content (AvgIpc) is 2.37. The molecule has 0 saturated heterocycles. The Hall–Kier alpha value is -1.14. The van der Waals surface area contributed by atoms with E-state index in [1.54, 1.807) is 0 Å². The van der Waals surface area contributed by atoms with E-state index in [0.29, 0.717) is 13.2 Å². The van der Waals surface area contributed by atoms with Crippen LogP contribution in [-0.2, 0) is 19.1 Å². The van der Waals surface area contributed by atoms with Crippen molar-refractivity contribution in [3.05, 3.63) is 0 Å². The minimum Gasteiger partial charge on any atom is -0.465 e. The molecule has 0 atom stereocenters. The van der Waals surface area contributed by atoms with Gasteiger partial charge in [-0.15, -0.1) is 0 Å². The molecule has 0 aliphatic rings. The molecule has 0 aromatic heterocycles. The highest BCUT2D eigenvalue weighted by atomic mass is 16.6. The third kappa shape index (κ3) is 15.1. The molecule has 21 heavy (non-hydrogen) atoms. The van der Waals surface area contributed by atoms with Gasteiger partial charge in [-0.1, -0.05) is 0 Å². The van der Waals surface area contributed by atoms with Crippen molar-refractivity contribution in [2.24, 2.45) is 0 Å².